The van der Waals surface area contributed by atoms with E-state index in [1.54, 1.807) is 13.8 Å². The van der Waals surface area contributed by atoms with Crippen LogP contribution in [0.25, 0.3) is 0 Å². The highest BCUT2D eigenvalue weighted by Crippen LogP contribution is 1.95. The van der Waals surface area contributed by atoms with Gasteiger partial charge in [-0.3, -0.25) is 14.4 Å². The molecule has 1 aromatic rings. The van der Waals surface area contributed by atoms with E-state index in [1.807, 2.05) is 0 Å². The minimum absolute atomic E-state index is 0.0273. The van der Waals surface area contributed by atoms with Gasteiger partial charge in [0, 0.05) is 12.8 Å². The zero-order chi connectivity index (χ0) is 14.6. The van der Waals surface area contributed by atoms with Gasteiger partial charge in [-0.1, -0.05) is 13.8 Å². The first-order valence-corrected chi connectivity index (χ1v) is 6.04. The molecule has 0 saturated carbocycles. The lowest BCUT2D eigenvalue weighted by Crippen LogP contribution is -2.46. The SMILES string of the molecule is CCCC(=O)n1cc(F)c(=O)n(C(=O)CCC)c1=O. The fourth-order valence-corrected chi connectivity index (χ4v) is 1.58. The van der Waals surface area contributed by atoms with Gasteiger partial charge in [-0.15, -0.1) is 0 Å². The van der Waals surface area contributed by atoms with Crippen LogP contribution in [0.3, 0.4) is 0 Å². The van der Waals surface area contributed by atoms with Crippen LogP contribution in [0.15, 0.2) is 15.8 Å². The first-order chi connectivity index (χ1) is 8.93. The number of carbonyl (C=O) groups is 2. The maximum absolute atomic E-state index is 13.4. The van der Waals surface area contributed by atoms with Gasteiger partial charge in [0.25, 0.3) is 5.56 Å². The first-order valence-electron chi connectivity index (χ1n) is 6.04. The number of rotatable bonds is 4. The molecule has 7 heteroatoms. The Kier molecular flexibility index (Phi) is 4.91. The second kappa shape index (κ2) is 6.21. The molecule has 0 radical (unpaired) electrons. The fraction of sp³-hybridized carbons (Fsp3) is 0.500. The summed E-state index contributed by atoms with van der Waals surface area (Å²) in [5.41, 5.74) is -2.42. The van der Waals surface area contributed by atoms with Crippen LogP contribution in [0.2, 0.25) is 0 Å². The zero-order valence-corrected chi connectivity index (χ0v) is 10.8. The Balaban J connectivity index is 3.47. The van der Waals surface area contributed by atoms with Gasteiger partial charge in [0.2, 0.25) is 17.6 Å². The van der Waals surface area contributed by atoms with Gasteiger partial charge < -0.3 is 0 Å². The molecule has 1 aromatic heterocycles. The maximum atomic E-state index is 13.4. The summed E-state index contributed by atoms with van der Waals surface area (Å²) in [5.74, 6) is -2.76. The van der Waals surface area contributed by atoms with Gasteiger partial charge in [-0.25, -0.2) is 9.36 Å². The number of halogens is 1. The van der Waals surface area contributed by atoms with E-state index in [1.165, 1.54) is 0 Å². The van der Waals surface area contributed by atoms with Crippen molar-refractivity contribution in [3.8, 4) is 0 Å². The van der Waals surface area contributed by atoms with E-state index < -0.39 is 28.9 Å². The lowest BCUT2D eigenvalue weighted by Gasteiger charge is -2.07. The van der Waals surface area contributed by atoms with Gasteiger partial charge in [0.15, 0.2) is 0 Å². The van der Waals surface area contributed by atoms with E-state index >= 15 is 0 Å². The molecule has 0 aromatic carbocycles. The Morgan fingerprint density at radius 3 is 2.16 bits per heavy atom. The van der Waals surface area contributed by atoms with Gasteiger partial charge in [-0.2, -0.15) is 8.96 Å². The summed E-state index contributed by atoms with van der Waals surface area (Å²) < 4.78 is 14.1. The van der Waals surface area contributed by atoms with Crippen molar-refractivity contribution in [3.63, 3.8) is 0 Å². The van der Waals surface area contributed by atoms with Crippen LogP contribution in [-0.2, 0) is 0 Å². The second-order valence-corrected chi connectivity index (χ2v) is 4.06. The van der Waals surface area contributed by atoms with Crippen LogP contribution in [0.1, 0.15) is 49.1 Å². The molecule has 0 fully saturated rings. The largest absolute Gasteiger partial charge is 0.344 e. The van der Waals surface area contributed by atoms with Crippen molar-refractivity contribution in [2.75, 3.05) is 0 Å². The lowest BCUT2D eigenvalue weighted by atomic mass is 10.3. The van der Waals surface area contributed by atoms with Crippen LogP contribution in [0.4, 0.5) is 4.39 Å². The highest BCUT2D eigenvalue weighted by atomic mass is 19.1. The van der Waals surface area contributed by atoms with Crippen molar-refractivity contribution in [3.05, 3.63) is 32.9 Å². The Morgan fingerprint density at radius 1 is 1.11 bits per heavy atom. The lowest BCUT2D eigenvalue weighted by molar-refractivity contribution is 0.0867. The molecule has 0 bridgehead atoms. The molecule has 0 aliphatic heterocycles. The number of hydrogen-bond acceptors (Lipinski definition) is 4. The average Bonchev–Trinajstić information content (AvgIpc) is 2.34. The van der Waals surface area contributed by atoms with E-state index in [4.69, 9.17) is 0 Å². The molecule has 1 rings (SSSR count). The molecule has 0 atom stereocenters. The average molecular weight is 270 g/mol. The third kappa shape index (κ3) is 3.04. The van der Waals surface area contributed by atoms with Crippen molar-refractivity contribution in [1.82, 2.24) is 9.13 Å². The molecule has 0 saturated heterocycles. The third-order valence-electron chi connectivity index (χ3n) is 2.49. The standard InChI is InChI=1S/C12H15FN2O4/c1-3-5-9(16)14-7-8(13)11(18)15(12(14)19)10(17)6-4-2/h7H,3-6H2,1-2H3. The summed E-state index contributed by atoms with van der Waals surface area (Å²) in [6, 6.07) is 0. The molecule has 0 spiro atoms. The minimum atomic E-state index is -1.32. The topological polar surface area (TPSA) is 78.1 Å². The summed E-state index contributed by atoms with van der Waals surface area (Å²) in [5, 5.41) is 0. The minimum Gasteiger partial charge on any atom is -0.274 e. The number of carbonyl (C=O) groups excluding carboxylic acids is 2. The molecular formula is C12H15FN2O4. The Morgan fingerprint density at radius 2 is 1.63 bits per heavy atom. The van der Waals surface area contributed by atoms with E-state index in [0.717, 1.165) is 0 Å². The van der Waals surface area contributed by atoms with E-state index in [2.05, 4.69) is 0 Å². The second-order valence-electron chi connectivity index (χ2n) is 4.06. The molecule has 0 amide bonds. The molecule has 104 valence electrons. The van der Waals surface area contributed by atoms with Gasteiger partial charge in [0.1, 0.15) is 0 Å². The normalized spacial score (nSPS) is 10.5. The molecule has 0 unspecified atom stereocenters. The van der Waals surface area contributed by atoms with Gasteiger partial charge >= 0.3 is 5.69 Å². The molecule has 0 aliphatic rings. The first kappa shape index (κ1) is 15.0. The molecule has 0 aliphatic carbocycles. The maximum Gasteiger partial charge on any atom is 0.344 e. The van der Waals surface area contributed by atoms with Crippen molar-refractivity contribution >= 4 is 11.8 Å². The van der Waals surface area contributed by atoms with E-state index in [9.17, 15) is 23.6 Å². The van der Waals surface area contributed by atoms with Crippen LogP contribution in [0, 0.1) is 5.82 Å². The number of nitrogens with zero attached hydrogens (tertiary/aromatic N) is 2. The monoisotopic (exact) mass is 270 g/mol. The smallest absolute Gasteiger partial charge is 0.274 e. The number of hydrogen-bond donors (Lipinski definition) is 0. The molecular weight excluding hydrogens is 255 g/mol. The highest BCUT2D eigenvalue weighted by Gasteiger charge is 2.19. The predicted octanol–water partition coefficient (Wildman–Crippen LogP) is 1.03. The third-order valence-corrected chi connectivity index (χ3v) is 2.49. The van der Waals surface area contributed by atoms with Gasteiger partial charge in [0.05, 0.1) is 6.20 Å². The zero-order valence-electron chi connectivity index (χ0n) is 10.8. The van der Waals surface area contributed by atoms with Crippen LogP contribution < -0.4 is 11.2 Å². The molecule has 0 N–H and O–H groups in total. The predicted molar refractivity (Wildman–Crippen MR) is 66.0 cm³/mol. The summed E-state index contributed by atoms with van der Waals surface area (Å²) in [6.07, 6.45) is 1.37. The fourth-order valence-electron chi connectivity index (χ4n) is 1.58. The Bertz CT molecular complexity index is 615. The molecule has 19 heavy (non-hydrogen) atoms. The van der Waals surface area contributed by atoms with Crippen LogP contribution in [0.5, 0.6) is 0 Å². The Hall–Kier alpha value is -2.05. The molecule has 1 heterocycles. The van der Waals surface area contributed by atoms with Crippen molar-refractivity contribution in [1.29, 1.82) is 0 Å². The van der Waals surface area contributed by atoms with Gasteiger partial charge in [-0.05, 0) is 12.8 Å². The molecule has 6 nitrogen and oxygen atoms in total. The van der Waals surface area contributed by atoms with Crippen molar-refractivity contribution in [2.45, 2.75) is 39.5 Å². The number of aromatic nitrogens is 2. The van der Waals surface area contributed by atoms with Crippen molar-refractivity contribution in [2.24, 2.45) is 0 Å². The van der Waals surface area contributed by atoms with E-state index in [-0.39, 0.29) is 17.4 Å². The van der Waals surface area contributed by atoms with Crippen molar-refractivity contribution < 1.29 is 14.0 Å². The van der Waals surface area contributed by atoms with Crippen LogP contribution in [-0.4, -0.2) is 20.9 Å². The highest BCUT2D eigenvalue weighted by molar-refractivity contribution is 5.81. The Labute approximate surface area is 108 Å². The van der Waals surface area contributed by atoms with Crippen LogP contribution >= 0.6 is 0 Å². The van der Waals surface area contributed by atoms with E-state index in [0.29, 0.717) is 23.6 Å². The summed E-state index contributed by atoms with van der Waals surface area (Å²) in [4.78, 5) is 46.6. The summed E-state index contributed by atoms with van der Waals surface area (Å²) in [6.45, 7) is 3.40. The summed E-state index contributed by atoms with van der Waals surface area (Å²) in [7, 11) is 0. The summed E-state index contributed by atoms with van der Waals surface area (Å²) >= 11 is 0. The quantitative estimate of drug-likeness (QED) is 0.818.